The Morgan fingerprint density at radius 3 is 2.52 bits per heavy atom. The third-order valence-electron chi connectivity index (χ3n) is 7.85. The van der Waals surface area contributed by atoms with E-state index in [-0.39, 0.29) is 41.1 Å². The lowest BCUT2D eigenvalue weighted by Gasteiger charge is -2.55. The SMILES string of the molecule is COC1CC(OC)C2C(O[C@@]3(C(O)C4CCC[NH+]([O-])C4C[C@H]3C)C2O)C1Cl. The van der Waals surface area contributed by atoms with Crippen molar-refractivity contribution in [2.45, 2.75) is 80.1 Å². The summed E-state index contributed by atoms with van der Waals surface area (Å²) in [5.41, 5.74) is -1.11. The van der Waals surface area contributed by atoms with Crippen molar-refractivity contribution in [3.63, 3.8) is 0 Å². The molecule has 0 aromatic rings. The van der Waals surface area contributed by atoms with E-state index in [2.05, 4.69) is 0 Å². The summed E-state index contributed by atoms with van der Waals surface area (Å²) in [7, 11) is 3.24. The molecule has 2 aliphatic heterocycles. The fourth-order valence-corrected chi connectivity index (χ4v) is 6.85. The Hall–Kier alpha value is 0.01000. The number of alkyl halides is 1. The van der Waals surface area contributed by atoms with Crippen molar-refractivity contribution in [2.75, 3.05) is 20.8 Å². The minimum Gasteiger partial charge on any atom is -0.634 e. The molecule has 12 atom stereocenters. The summed E-state index contributed by atoms with van der Waals surface area (Å²) in [6.45, 7) is 2.56. The van der Waals surface area contributed by atoms with Crippen LogP contribution in [0.5, 0.6) is 0 Å². The first-order chi connectivity index (χ1) is 12.9. The van der Waals surface area contributed by atoms with Crippen LogP contribution in [0.1, 0.15) is 32.6 Å². The summed E-state index contributed by atoms with van der Waals surface area (Å²) in [5, 5.41) is 35.0. The van der Waals surface area contributed by atoms with Crippen LogP contribution in [0.15, 0.2) is 0 Å². The van der Waals surface area contributed by atoms with Gasteiger partial charge in [-0.25, -0.2) is 0 Å². The van der Waals surface area contributed by atoms with Gasteiger partial charge >= 0.3 is 0 Å². The maximum atomic E-state index is 12.4. The van der Waals surface area contributed by atoms with E-state index in [0.29, 0.717) is 19.4 Å². The first-order valence-electron chi connectivity index (χ1n) is 10.1. The molecule has 156 valence electrons. The van der Waals surface area contributed by atoms with Gasteiger partial charge in [-0.2, -0.15) is 0 Å². The number of aliphatic hydroxyl groups is 2. The first kappa shape index (κ1) is 20.3. The molecule has 2 saturated carbocycles. The van der Waals surface area contributed by atoms with Crippen LogP contribution in [0, 0.1) is 23.0 Å². The Morgan fingerprint density at radius 2 is 1.85 bits per heavy atom. The zero-order chi connectivity index (χ0) is 19.5. The fourth-order valence-electron chi connectivity index (χ4n) is 6.43. The van der Waals surface area contributed by atoms with E-state index < -0.39 is 29.3 Å². The van der Waals surface area contributed by atoms with Crippen molar-refractivity contribution in [3.8, 4) is 0 Å². The number of piperidine rings is 1. The number of hydrogen-bond donors (Lipinski definition) is 3. The monoisotopic (exact) mass is 405 g/mol. The number of hydrogen-bond acceptors (Lipinski definition) is 6. The summed E-state index contributed by atoms with van der Waals surface area (Å²) >= 11 is 6.68. The smallest absolute Gasteiger partial charge is 0.124 e. The van der Waals surface area contributed by atoms with Crippen LogP contribution >= 0.6 is 11.6 Å². The fraction of sp³-hybridized carbons (Fsp3) is 1.00. The van der Waals surface area contributed by atoms with Crippen LogP contribution in [0.25, 0.3) is 0 Å². The van der Waals surface area contributed by atoms with Crippen molar-refractivity contribution in [1.29, 1.82) is 0 Å². The lowest BCUT2D eigenvalue weighted by molar-refractivity contribution is -0.889. The standard InChI is InChI=1S/C19H32ClNO6/c1-9-7-11-10(5-4-6-21(11)24)17(22)19(9)18(23)14-12(25-2)8-13(26-3)15(20)16(14)27-19/h9-18,21-23H,4-8H2,1-3H3/t9-,10?,11?,12?,13?,14?,15?,16?,17?,18?,19+/m1/s1. The molecule has 8 heteroatoms. The van der Waals surface area contributed by atoms with Crippen LogP contribution in [0.2, 0.25) is 0 Å². The van der Waals surface area contributed by atoms with Crippen LogP contribution < -0.4 is 5.06 Å². The van der Waals surface area contributed by atoms with Gasteiger partial charge in [-0.3, -0.25) is 0 Å². The predicted molar refractivity (Wildman–Crippen MR) is 98.4 cm³/mol. The molecule has 2 saturated heterocycles. The number of aliphatic hydroxyl groups excluding tert-OH is 2. The number of hydroxylamine groups is 2. The highest BCUT2D eigenvalue weighted by atomic mass is 35.5. The number of ether oxygens (including phenoxy) is 3. The average molecular weight is 406 g/mol. The quantitative estimate of drug-likeness (QED) is 0.431. The van der Waals surface area contributed by atoms with E-state index >= 15 is 0 Å². The number of fused-ring (bicyclic) bond motifs is 2. The number of rotatable bonds is 2. The van der Waals surface area contributed by atoms with Crippen LogP contribution in [-0.2, 0) is 14.2 Å². The molecular weight excluding hydrogens is 374 g/mol. The summed E-state index contributed by atoms with van der Waals surface area (Å²) in [6, 6.07) is -0.135. The van der Waals surface area contributed by atoms with Gasteiger partial charge in [0.15, 0.2) is 0 Å². The van der Waals surface area contributed by atoms with E-state index in [1.807, 2.05) is 6.92 Å². The summed E-state index contributed by atoms with van der Waals surface area (Å²) in [5.74, 6) is -0.638. The third-order valence-corrected chi connectivity index (χ3v) is 8.38. The average Bonchev–Trinajstić information content (AvgIpc) is 2.97. The summed E-state index contributed by atoms with van der Waals surface area (Å²) in [6.07, 6.45) is 0.0509. The van der Waals surface area contributed by atoms with Crippen molar-refractivity contribution < 1.29 is 29.5 Å². The molecule has 0 aromatic carbocycles. The molecule has 0 aromatic heterocycles. The molecule has 27 heavy (non-hydrogen) atoms. The zero-order valence-electron chi connectivity index (χ0n) is 16.2. The number of methoxy groups -OCH3 is 2. The highest BCUT2D eigenvalue weighted by molar-refractivity contribution is 6.21. The van der Waals surface area contributed by atoms with Gasteiger partial charge in [0.25, 0.3) is 0 Å². The number of quaternary nitrogens is 1. The molecular formula is C19H32ClNO6. The van der Waals surface area contributed by atoms with E-state index in [1.54, 1.807) is 14.2 Å². The van der Waals surface area contributed by atoms with Crippen molar-refractivity contribution >= 4 is 11.6 Å². The second kappa shape index (κ2) is 7.36. The van der Waals surface area contributed by atoms with Gasteiger partial charge in [0, 0.05) is 38.9 Å². The normalized spacial score (nSPS) is 58.1. The lowest BCUT2D eigenvalue weighted by Crippen LogP contribution is -3.14. The molecule has 0 bridgehead atoms. The Morgan fingerprint density at radius 1 is 1.15 bits per heavy atom. The maximum Gasteiger partial charge on any atom is 0.124 e. The molecule has 2 aliphatic carbocycles. The second-order valence-corrected chi connectivity index (χ2v) is 9.40. The first-order valence-corrected chi connectivity index (χ1v) is 10.6. The molecule has 4 rings (SSSR count). The Balaban J connectivity index is 1.69. The van der Waals surface area contributed by atoms with Crippen molar-refractivity contribution in [1.82, 2.24) is 0 Å². The number of nitrogens with one attached hydrogen (secondary N) is 1. The van der Waals surface area contributed by atoms with Crippen LogP contribution in [0.4, 0.5) is 0 Å². The minimum absolute atomic E-state index is 0.135. The van der Waals surface area contributed by atoms with Crippen molar-refractivity contribution in [3.05, 3.63) is 5.21 Å². The van der Waals surface area contributed by atoms with Crippen LogP contribution in [-0.4, -0.2) is 78.5 Å². The predicted octanol–water partition coefficient (Wildman–Crippen LogP) is -0.296. The van der Waals surface area contributed by atoms with Gasteiger partial charge in [0.1, 0.15) is 5.60 Å². The Labute approximate surface area is 165 Å². The topological polar surface area (TPSA) is 95.7 Å². The summed E-state index contributed by atoms with van der Waals surface area (Å²) < 4.78 is 17.7. The highest BCUT2D eigenvalue weighted by Crippen LogP contribution is 2.54. The number of halogens is 1. The molecule has 7 nitrogen and oxygen atoms in total. The Kier molecular flexibility index (Phi) is 5.53. The van der Waals surface area contributed by atoms with Gasteiger partial charge in [-0.1, -0.05) is 6.92 Å². The largest absolute Gasteiger partial charge is 0.634 e. The Bertz CT molecular complexity index is 554. The molecule has 4 fully saturated rings. The lowest BCUT2D eigenvalue weighted by atomic mass is 9.61. The molecule has 1 spiro atoms. The second-order valence-electron chi connectivity index (χ2n) is 8.90. The van der Waals surface area contributed by atoms with Gasteiger partial charge in [-0.15, -0.1) is 11.6 Å². The van der Waals surface area contributed by atoms with E-state index in [9.17, 15) is 15.4 Å². The van der Waals surface area contributed by atoms with E-state index in [0.717, 1.165) is 12.8 Å². The molecule has 0 radical (unpaired) electrons. The minimum atomic E-state index is -1.11. The highest BCUT2D eigenvalue weighted by Gasteiger charge is 2.69. The van der Waals surface area contributed by atoms with Gasteiger partial charge in [0.2, 0.25) is 0 Å². The molecule has 4 aliphatic rings. The molecule has 0 amide bonds. The molecule has 2 heterocycles. The van der Waals surface area contributed by atoms with E-state index in [4.69, 9.17) is 25.8 Å². The van der Waals surface area contributed by atoms with Gasteiger partial charge in [-0.05, 0) is 18.8 Å². The van der Waals surface area contributed by atoms with Crippen LogP contribution in [0.3, 0.4) is 0 Å². The zero-order valence-corrected chi connectivity index (χ0v) is 17.0. The van der Waals surface area contributed by atoms with Gasteiger partial charge in [0.05, 0.1) is 48.5 Å². The third kappa shape index (κ3) is 2.81. The molecule has 10 unspecified atom stereocenters. The summed E-state index contributed by atoms with van der Waals surface area (Å²) in [4.78, 5) is 0. The van der Waals surface area contributed by atoms with E-state index in [1.165, 1.54) is 0 Å². The van der Waals surface area contributed by atoms with Gasteiger partial charge < -0.3 is 34.7 Å². The van der Waals surface area contributed by atoms with Crippen molar-refractivity contribution in [2.24, 2.45) is 17.8 Å². The maximum absolute atomic E-state index is 12.4. The molecule has 3 N–H and O–H groups in total.